The normalized spacial score (nSPS) is 11.1. The van der Waals surface area contributed by atoms with Crippen LogP contribution in [0.25, 0.3) is 5.69 Å². The second-order valence-corrected chi connectivity index (χ2v) is 8.71. The molecule has 0 saturated heterocycles. The second kappa shape index (κ2) is 9.58. The fraction of sp³-hybridized carbons (Fsp3) is 0.182. The number of halogens is 2. The van der Waals surface area contributed by atoms with E-state index < -0.39 is 0 Å². The zero-order valence-corrected chi connectivity index (χ0v) is 20.1. The van der Waals surface area contributed by atoms with Crippen molar-refractivity contribution in [2.45, 2.75) is 20.8 Å². The van der Waals surface area contributed by atoms with Gasteiger partial charge < -0.3 is 9.30 Å². The quantitative estimate of drug-likeness (QED) is 0.250. The van der Waals surface area contributed by atoms with Crippen LogP contribution < -0.4 is 10.2 Å². The first-order valence-electron chi connectivity index (χ1n) is 9.01. The molecule has 0 spiro atoms. The molecule has 5 nitrogen and oxygen atoms in total. The molecule has 0 radical (unpaired) electrons. The number of hydrogen-bond acceptors (Lipinski definition) is 3. The lowest BCUT2D eigenvalue weighted by atomic mass is 10.2. The minimum absolute atomic E-state index is 0.0973. The number of nitrogens with one attached hydrogen (secondary N) is 1. The van der Waals surface area contributed by atoms with Crippen molar-refractivity contribution in [2.75, 3.05) is 6.61 Å². The summed E-state index contributed by atoms with van der Waals surface area (Å²) in [6.07, 6.45) is 1.66. The van der Waals surface area contributed by atoms with Crippen molar-refractivity contribution in [2.24, 2.45) is 5.10 Å². The molecule has 1 aromatic heterocycles. The number of aromatic nitrogens is 1. The van der Waals surface area contributed by atoms with Crippen LogP contribution >= 0.6 is 38.5 Å². The van der Waals surface area contributed by atoms with Crippen LogP contribution in [-0.4, -0.2) is 23.3 Å². The number of hydrazone groups is 1. The van der Waals surface area contributed by atoms with Crippen LogP contribution in [-0.2, 0) is 4.79 Å². The van der Waals surface area contributed by atoms with Crippen LogP contribution in [0.15, 0.2) is 58.1 Å². The molecule has 0 unspecified atom stereocenters. The Morgan fingerprint density at radius 2 is 1.90 bits per heavy atom. The van der Waals surface area contributed by atoms with Crippen LogP contribution in [0.1, 0.15) is 22.5 Å². The van der Waals surface area contributed by atoms with Crippen molar-refractivity contribution in [1.29, 1.82) is 0 Å². The Morgan fingerprint density at radius 1 is 1.17 bits per heavy atom. The molecule has 1 N–H and O–H groups in total. The first-order valence-corrected chi connectivity index (χ1v) is 10.9. The van der Waals surface area contributed by atoms with Crippen molar-refractivity contribution in [3.8, 4) is 11.4 Å². The van der Waals surface area contributed by atoms with E-state index in [-0.39, 0.29) is 12.5 Å². The number of aryl methyl sites for hydroxylation is 2. The summed E-state index contributed by atoms with van der Waals surface area (Å²) in [4.78, 5) is 12.0. The Hall–Kier alpha value is -2.13. The molecule has 0 aliphatic rings. The zero-order chi connectivity index (χ0) is 21.0. The highest BCUT2D eigenvalue weighted by molar-refractivity contribution is 14.1. The fourth-order valence-electron chi connectivity index (χ4n) is 2.97. The van der Waals surface area contributed by atoms with Crippen LogP contribution in [0.2, 0.25) is 0 Å². The molecule has 0 aliphatic heterocycles. The summed E-state index contributed by atoms with van der Waals surface area (Å²) >= 11 is 5.70. The molecule has 0 aliphatic carbocycles. The summed E-state index contributed by atoms with van der Waals surface area (Å²) in [5.41, 5.74) is 7.99. The highest BCUT2D eigenvalue weighted by Gasteiger charge is 2.10. The third-order valence-electron chi connectivity index (χ3n) is 4.45. The monoisotopic (exact) mass is 565 g/mol. The molecule has 0 saturated carbocycles. The molecule has 1 amide bonds. The van der Waals surface area contributed by atoms with Gasteiger partial charge in [0.1, 0.15) is 5.75 Å². The smallest absolute Gasteiger partial charge is 0.277 e. The Balaban J connectivity index is 1.64. The number of ether oxygens (including phenoxy) is 1. The topological polar surface area (TPSA) is 55.6 Å². The Morgan fingerprint density at radius 3 is 2.59 bits per heavy atom. The molecular weight excluding hydrogens is 545 g/mol. The zero-order valence-electron chi connectivity index (χ0n) is 16.4. The number of carbonyl (C=O) groups excluding carboxylic acids is 1. The molecule has 0 atom stereocenters. The van der Waals surface area contributed by atoms with Crippen LogP contribution in [0.3, 0.4) is 0 Å². The number of nitrogens with zero attached hydrogens (tertiary/aromatic N) is 2. The van der Waals surface area contributed by atoms with E-state index in [1.807, 2.05) is 19.1 Å². The molecule has 0 fully saturated rings. The van der Waals surface area contributed by atoms with Crippen molar-refractivity contribution in [3.63, 3.8) is 0 Å². The third kappa shape index (κ3) is 5.48. The van der Waals surface area contributed by atoms with Crippen LogP contribution in [0, 0.1) is 24.3 Å². The summed E-state index contributed by atoms with van der Waals surface area (Å²) in [5, 5.41) is 4.08. The Kier molecular flexibility index (Phi) is 7.13. The number of rotatable bonds is 6. The molecule has 0 bridgehead atoms. The lowest BCUT2D eigenvalue weighted by Gasteiger charge is -2.11. The van der Waals surface area contributed by atoms with Gasteiger partial charge in [0.05, 0.1) is 6.21 Å². The standard InChI is InChI=1S/C22H21BrIN3O2/c1-14-10-19(6-9-21(14)24)27-15(2)11-17(16(27)3)12-25-26-22(28)13-29-20-7-4-18(23)5-8-20/h4-12H,13H2,1-3H3,(H,26,28)/b25-12-. The predicted molar refractivity (Wildman–Crippen MR) is 128 cm³/mol. The van der Waals surface area contributed by atoms with Crippen LogP contribution in [0.4, 0.5) is 0 Å². The molecular formula is C22H21BrIN3O2. The second-order valence-electron chi connectivity index (χ2n) is 6.63. The minimum atomic E-state index is -0.314. The summed E-state index contributed by atoms with van der Waals surface area (Å²) in [6.45, 7) is 6.11. The SMILES string of the molecule is Cc1cc(-n2c(C)cc(/C=N\NC(=O)COc3ccc(Br)cc3)c2C)ccc1I. The molecule has 3 rings (SSSR count). The van der Waals surface area contributed by atoms with E-state index in [0.717, 1.165) is 27.1 Å². The predicted octanol–water partition coefficient (Wildman–Crippen LogP) is 5.30. The minimum Gasteiger partial charge on any atom is -0.484 e. The van der Waals surface area contributed by atoms with Crippen molar-refractivity contribution >= 4 is 50.6 Å². The lowest BCUT2D eigenvalue weighted by Crippen LogP contribution is -2.24. The van der Waals surface area contributed by atoms with Gasteiger partial charge >= 0.3 is 0 Å². The Bertz CT molecular complexity index is 1060. The number of benzene rings is 2. The van der Waals surface area contributed by atoms with Crippen molar-refractivity contribution in [3.05, 3.63) is 79.1 Å². The van der Waals surface area contributed by atoms with Gasteiger partial charge in [-0.1, -0.05) is 15.9 Å². The maximum absolute atomic E-state index is 12.0. The highest BCUT2D eigenvalue weighted by Crippen LogP contribution is 2.22. The first-order chi connectivity index (χ1) is 13.8. The van der Waals surface area contributed by atoms with Gasteiger partial charge in [0.15, 0.2) is 6.61 Å². The Labute approximate surface area is 192 Å². The van der Waals surface area contributed by atoms with E-state index in [9.17, 15) is 4.79 Å². The fourth-order valence-corrected chi connectivity index (χ4v) is 3.57. The summed E-state index contributed by atoms with van der Waals surface area (Å²) in [7, 11) is 0. The van der Waals surface area contributed by atoms with Crippen molar-refractivity contribution < 1.29 is 9.53 Å². The third-order valence-corrected chi connectivity index (χ3v) is 6.19. The molecule has 7 heteroatoms. The lowest BCUT2D eigenvalue weighted by molar-refractivity contribution is -0.123. The van der Waals surface area contributed by atoms with Gasteiger partial charge in [0, 0.05) is 30.7 Å². The van der Waals surface area contributed by atoms with Gasteiger partial charge in [-0.2, -0.15) is 5.10 Å². The van der Waals surface area contributed by atoms with E-state index in [0.29, 0.717) is 5.75 Å². The molecule has 2 aromatic carbocycles. The number of carbonyl (C=O) groups is 1. The van der Waals surface area contributed by atoms with Crippen molar-refractivity contribution in [1.82, 2.24) is 9.99 Å². The van der Waals surface area contributed by atoms with Gasteiger partial charge in [-0.15, -0.1) is 0 Å². The molecule has 150 valence electrons. The molecule has 3 aromatic rings. The van der Waals surface area contributed by atoms with E-state index in [4.69, 9.17) is 4.74 Å². The average Bonchev–Trinajstić information content (AvgIpc) is 2.97. The summed E-state index contributed by atoms with van der Waals surface area (Å²) < 4.78 is 9.82. The van der Waals surface area contributed by atoms with Gasteiger partial charge in [-0.25, -0.2) is 5.43 Å². The number of amides is 1. The van der Waals surface area contributed by atoms with E-state index >= 15 is 0 Å². The molecule has 1 heterocycles. The molecule has 29 heavy (non-hydrogen) atoms. The highest BCUT2D eigenvalue weighted by atomic mass is 127. The van der Waals surface area contributed by atoms with E-state index in [1.54, 1.807) is 18.3 Å². The van der Waals surface area contributed by atoms with E-state index in [2.05, 4.69) is 91.7 Å². The maximum atomic E-state index is 12.0. The van der Waals surface area contributed by atoms with E-state index in [1.165, 1.54) is 9.13 Å². The first kappa shape index (κ1) is 21.6. The van der Waals surface area contributed by atoms with Gasteiger partial charge in [-0.05, 0) is 97.5 Å². The average molecular weight is 566 g/mol. The summed E-state index contributed by atoms with van der Waals surface area (Å²) in [5.74, 6) is 0.315. The van der Waals surface area contributed by atoms with Gasteiger partial charge in [0.25, 0.3) is 5.91 Å². The maximum Gasteiger partial charge on any atom is 0.277 e. The summed E-state index contributed by atoms with van der Waals surface area (Å²) in [6, 6.07) is 15.7. The van der Waals surface area contributed by atoms with Gasteiger partial charge in [-0.3, -0.25) is 4.79 Å². The largest absolute Gasteiger partial charge is 0.484 e. The van der Waals surface area contributed by atoms with Gasteiger partial charge in [0.2, 0.25) is 0 Å². The number of hydrogen-bond donors (Lipinski definition) is 1. The van der Waals surface area contributed by atoms with Crippen LogP contribution in [0.5, 0.6) is 5.75 Å².